The molecular weight excluding hydrogens is 273 g/mol. The van der Waals surface area contributed by atoms with Crippen LogP contribution in [0.5, 0.6) is 0 Å². The summed E-state index contributed by atoms with van der Waals surface area (Å²) in [5.41, 5.74) is 0.845. The molecule has 1 aromatic rings. The second-order valence-electron chi connectivity index (χ2n) is 3.91. The molecule has 0 spiro atoms. The number of ether oxygens (including phenoxy) is 1. The van der Waals surface area contributed by atoms with E-state index in [1.165, 1.54) is 7.11 Å². The predicted molar refractivity (Wildman–Crippen MR) is 75.4 cm³/mol. The number of hydrogen-bond acceptors (Lipinski definition) is 3. The predicted octanol–water partition coefficient (Wildman–Crippen LogP) is 4.14. The Morgan fingerprint density at radius 3 is 2.78 bits per heavy atom. The molecule has 0 heterocycles. The second-order valence-corrected chi connectivity index (χ2v) is 4.70. The number of unbranched alkanes of at least 4 members (excludes halogenated alkanes) is 2. The molecule has 0 fully saturated rings. The molecule has 0 atom stereocenters. The molecule has 1 N–H and O–H groups in total. The number of methoxy groups -OCH3 is 1. The van der Waals surface area contributed by atoms with E-state index in [2.05, 4.69) is 10.1 Å². The summed E-state index contributed by atoms with van der Waals surface area (Å²) in [4.78, 5) is 10.9. The lowest BCUT2D eigenvalue weighted by atomic mass is 10.2. The summed E-state index contributed by atoms with van der Waals surface area (Å²) < 4.78 is 4.57. The Labute approximate surface area is 117 Å². The van der Waals surface area contributed by atoms with Crippen LogP contribution in [-0.4, -0.2) is 19.6 Å². The van der Waals surface area contributed by atoms with Crippen LogP contribution < -0.4 is 5.32 Å². The van der Waals surface area contributed by atoms with Gasteiger partial charge in [-0.2, -0.15) is 0 Å². The summed E-state index contributed by atoms with van der Waals surface area (Å²) in [5, 5.41) is 4.32. The number of anilines is 1. The monoisotopic (exact) mass is 289 g/mol. The van der Waals surface area contributed by atoms with Gasteiger partial charge in [0.25, 0.3) is 0 Å². The third-order valence-corrected chi connectivity index (χ3v) is 3.37. The quantitative estimate of drug-likeness (QED) is 0.606. The highest BCUT2D eigenvalue weighted by molar-refractivity contribution is 6.43. The Morgan fingerprint density at radius 1 is 1.28 bits per heavy atom. The minimum atomic E-state index is -0.152. The second kappa shape index (κ2) is 8.22. The lowest BCUT2D eigenvalue weighted by Crippen LogP contribution is -2.03. The van der Waals surface area contributed by atoms with E-state index >= 15 is 0 Å². The van der Waals surface area contributed by atoms with Crippen LogP contribution in [0.25, 0.3) is 0 Å². The lowest BCUT2D eigenvalue weighted by molar-refractivity contribution is -0.140. The first-order valence-corrected chi connectivity index (χ1v) is 6.65. The minimum Gasteiger partial charge on any atom is -0.469 e. The number of hydrogen-bond donors (Lipinski definition) is 1. The van der Waals surface area contributed by atoms with Crippen LogP contribution in [0, 0.1) is 0 Å². The molecule has 0 aliphatic rings. The molecule has 18 heavy (non-hydrogen) atoms. The standard InChI is InChI=1S/C13H17Cl2NO2/c1-18-12(17)8-3-2-4-9-16-11-7-5-6-10(14)13(11)15/h5-7,16H,2-4,8-9H2,1H3. The maximum atomic E-state index is 10.9. The first kappa shape index (κ1) is 15.1. The number of halogens is 2. The van der Waals surface area contributed by atoms with Crippen LogP contribution in [0.15, 0.2) is 18.2 Å². The molecule has 0 aliphatic heterocycles. The van der Waals surface area contributed by atoms with Crippen molar-refractivity contribution in [1.82, 2.24) is 0 Å². The van der Waals surface area contributed by atoms with Crippen molar-refractivity contribution in [3.63, 3.8) is 0 Å². The number of esters is 1. The van der Waals surface area contributed by atoms with Gasteiger partial charge in [-0.15, -0.1) is 0 Å². The van der Waals surface area contributed by atoms with Crippen LogP contribution in [0.3, 0.4) is 0 Å². The van der Waals surface area contributed by atoms with Gasteiger partial charge in [-0.3, -0.25) is 4.79 Å². The molecule has 0 bridgehead atoms. The van der Waals surface area contributed by atoms with Crippen molar-refractivity contribution in [2.24, 2.45) is 0 Å². The Kier molecular flexibility index (Phi) is 6.91. The molecule has 0 saturated carbocycles. The van der Waals surface area contributed by atoms with E-state index in [0.29, 0.717) is 16.5 Å². The first-order chi connectivity index (χ1) is 8.65. The van der Waals surface area contributed by atoms with Crippen molar-refractivity contribution in [3.8, 4) is 0 Å². The van der Waals surface area contributed by atoms with E-state index < -0.39 is 0 Å². The highest BCUT2D eigenvalue weighted by atomic mass is 35.5. The fourth-order valence-corrected chi connectivity index (χ4v) is 1.90. The average Bonchev–Trinajstić information content (AvgIpc) is 2.38. The molecule has 0 aromatic heterocycles. The number of rotatable bonds is 7. The molecule has 0 unspecified atom stereocenters. The first-order valence-electron chi connectivity index (χ1n) is 5.90. The maximum Gasteiger partial charge on any atom is 0.305 e. The molecule has 1 aromatic carbocycles. The SMILES string of the molecule is COC(=O)CCCCCNc1cccc(Cl)c1Cl. The minimum absolute atomic E-state index is 0.152. The van der Waals surface area contributed by atoms with Crippen LogP contribution in [0.1, 0.15) is 25.7 Å². The van der Waals surface area contributed by atoms with Gasteiger partial charge < -0.3 is 10.1 Å². The van der Waals surface area contributed by atoms with Gasteiger partial charge in [-0.05, 0) is 25.0 Å². The molecule has 0 radical (unpaired) electrons. The molecule has 0 aliphatic carbocycles. The lowest BCUT2D eigenvalue weighted by Gasteiger charge is -2.08. The smallest absolute Gasteiger partial charge is 0.305 e. The third kappa shape index (κ3) is 5.15. The summed E-state index contributed by atoms with van der Waals surface area (Å²) in [7, 11) is 1.41. The third-order valence-electron chi connectivity index (χ3n) is 2.55. The van der Waals surface area contributed by atoms with Crippen molar-refractivity contribution >= 4 is 34.9 Å². The molecule has 1 rings (SSSR count). The molecule has 0 amide bonds. The van der Waals surface area contributed by atoms with E-state index in [9.17, 15) is 4.79 Å². The van der Waals surface area contributed by atoms with E-state index in [-0.39, 0.29) is 5.97 Å². The van der Waals surface area contributed by atoms with E-state index in [1.807, 2.05) is 12.1 Å². The van der Waals surface area contributed by atoms with Gasteiger partial charge in [0.2, 0.25) is 0 Å². The van der Waals surface area contributed by atoms with Crippen LogP contribution in [0.4, 0.5) is 5.69 Å². The highest BCUT2D eigenvalue weighted by Gasteiger charge is 2.03. The Bertz CT molecular complexity index is 397. The van der Waals surface area contributed by atoms with Crippen molar-refractivity contribution < 1.29 is 9.53 Å². The molecular formula is C13H17Cl2NO2. The highest BCUT2D eigenvalue weighted by Crippen LogP contribution is 2.29. The maximum absolute atomic E-state index is 10.9. The van der Waals surface area contributed by atoms with Gasteiger partial charge in [-0.25, -0.2) is 0 Å². The van der Waals surface area contributed by atoms with Gasteiger partial charge >= 0.3 is 5.97 Å². The topological polar surface area (TPSA) is 38.3 Å². The Hall–Kier alpha value is -0.930. The van der Waals surface area contributed by atoms with Crippen molar-refractivity contribution in [3.05, 3.63) is 28.2 Å². The molecule has 5 heteroatoms. The fraction of sp³-hybridized carbons (Fsp3) is 0.462. The number of carbonyl (C=O) groups is 1. The zero-order valence-corrected chi connectivity index (χ0v) is 11.9. The van der Waals surface area contributed by atoms with Gasteiger partial charge in [0.05, 0.1) is 22.8 Å². The van der Waals surface area contributed by atoms with E-state index in [1.54, 1.807) is 6.07 Å². The van der Waals surface area contributed by atoms with Gasteiger partial charge in [0.1, 0.15) is 0 Å². The van der Waals surface area contributed by atoms with E-state index in [0.717, 1.165) is 31.5 Å². The number of nitrogens with one attached hydrogen (secondary N) is 1. The summed E-state index contributed by atoms with van der Waals surface area (Å²) in [6.45, 7) is 0.807. The number of carbonyl (C=O) groups excluding carboxylic acids is 1. The summed E-state index contributed by atoms with van der Waals surface area (Å²) in [6, 6.07) is 5.50. The van der Waals surface area contributed by atoms with Gasteiger partial charge in [0, 0.05) is 13.0 Å². The largest absolute Gasteiger partial charge is 0.469 e. The van der Waals surface area contributed by atoms with Crippen LogP contribution in [0.2, 0.25) is 10.0 Å². The Morgan fingerprint density at radius 2 is 2.06 bits per heavy atom. The summed E-state index contributed by atoms with van der Waals surface area (Å²) in [5.74, 6) is -0.152. The zero-order chi connectivity index (χ0) is 13.4. The van der Waals surface area contributed by atoms with Gasteiger partial charge in [0.15, 0.2) is 0 Å². The van der Waals surface area contributed by atoms with Gasteiger partial charge in [-0.1, -0.05) is 35.7 Å². The van der Waals surface area contributed by atoms with Crippen molar-refractivity contribution in [1.29, 1.82) is 0 Å². The average molecular weight is 290 g/mol. The van der Waals surface area contributed by atoms with Crippen molar-refractivity contribution in [2.75, 3.05) is 19.0 Å². The fourth-order valence-electron chi connectivity index (χ4n) is 1.54. The molecule has 0 saturated heterocycles. The van der Waals surface area contributed by atoms with Crippen LogP contribution >= 0.6 is 23.2 Å². The Balaban J connectivity index is 2.18. The summed E-state index contributed by atoms with van der Waals surface area (Å²) in [6.07, 6.45) is 3.27. The summed E-state index contributed by atoms with van der Waals surface area (Å²) >= 11 is 11.9. The van der Waals surface area contributed by atoms with Crippen LogP contribution in [-0.2, 0) is 9.53 Å². The number of benzene rings is 1. The zero-order valence-electron chi connectivity index (χ0n) is 10.3. The molecule has 100 valence electrons. The van der Waals surface area contributed by atoms with E-state index in [4.69, 9.17) is 23.2 Å². The normalized spacial score (nSPS) is 10.2. The molecule has 3 nitrogen and oxygen atoms in total. The van der Waals surface area contributed by atoms with Crippen molar-refractivity contribution in [2.45, 2.75) is 25.7 Å².